The third-order valence-corrected chi connectivity index (χ3v) is 4.63. The zero-order chi connectivity index (χ0) is 17.9. The molecular formula is C24H19NO. The second-order valence-electron chi connectivity index (χ2n) is 6.34. The minimum absolute atomic E-state index is 0.0874. The summed E-state index contributed by atoms with van der Waals surface area (Å²) in [7, 11) is 0. The van der Waals surface area contributed by atoms with Gasteiger partial charge in [-0.2, -0.15) is 0 Å². The predicted octanol–water partition coefficient (Wildman–Crippen LogP) is 6.07. The Morgan fingerprint density at radius 3 is 2.23 bits per heavy atom. The van der Waals surface area contributed by atoms with Crippen molar-refractivity contribution in [2.45, 2.75) is 6.92 Å². The summed E-state index contributed by atoms with van der Waals surface area (Å²) in [4.78, 5) is 12.8. The number of fused-ring (bicyclic) bond motifs is 1. The van der Waals surface area contributed by atoms with E-state index in [2.05, 4.69) is 35.6 Å². The van der Waals surface area contributed by atoms with Crippen LogP contribution in [-0.2, 0) is 0 Å². The molecule has 1 N–H and O–H groups in total. The van der Waals surface area contributed by atoms with Crippen LogP contribution >= 0.6 is 0 Å². The Kier molecular flexibility index (Phi) is 4.24. The van der Waals surface area contributed by atoms with Crippen LogP contribution in [0.3, 0.4) is 0 Å². The molecule has 2 heteroatoms. The molecule has 0 saturated carbocycles. The lowest BCUT2D eigenvalue weighted by molar-refractivity contribution is 0.102. The molecule has 0 aliphatic heterocycles. The van der Waals surface area contributed by atoms with Crippen LogP contribution in [0.4, 0.5) is 5.69 Å². The highest BCUT2D eigenvalue weighted by molar-refractivity contribution is 6.11. The summed E-state index contributed by atoms with van der Waals surface area (Å²) in [6.07, 6.45) is 0. The van der Waals surface area contributed by atoms with Gasteiger partial charge in [0.1, 0.15) is 0 Å². The van der Waals surface area contributed by atoms with Gasteiger partial charge in [0.25, 0.3) is 5.91 Å². The Balaban J connectivity index is 1.85. The molecule has 0 spiro atoms. The summed E-state index contributed by atoms with van der Waals surface area (Å²) in [6.45, 7) is 1.95. The highest BCUT2D eigenvalue weighted by Crippen LogP contribution is 2.35. The first-order chi connectivity index (χ1) is 12.7. The molecule has 26 heavy (non-hydrogen) atoms. The number of carbonyl (C=O) groups excluding carboxylic acids is 1. The first-order valence-corrected chi connectivity index (χ1v) is 8.68. The van der Waals surface area contributed by atoms with Gasteiger partial charge in [0.05, 0.1) is 0 Å². The van der Waals surface area contributed by atoms with Crippen LogP contribution in [0.2, 0.25) is 0 Å². The standard InChI is InChI=1S/C24H19NO/c1-17-9-5-7-13-20(17)24(26)25-22-16-15-18-10-6-8-14-21(18)23(22)19-11-3-2-4-12-19/h2-16H,1H3,(H,25,26). The van der Waals surface area contributed by atoms with E-state index in [1.165, 1.54) is 0 Å². The average molecular weight is 337 g/mol. The van der Waals surface area contributed by atoms with E-state index in [-0.39, 0.29) is 5.91 Å². The van der Waals surface area contributed by atoms with Gasteiger partial charge >= 0.3 is 0 Å². The van der Waals surface area contributed by atoms with Crippen LogP contribution in [0.15, 0.2) is 91.0 Å². The molecule has 4 aromatic rings. The van der Waals surface area contributed by atoms with Crippen molar-refractivity contribution in [1.82, 2.24) is 0 Å². The maximum atomic E-state index is 12.8. The molecule has 0 bridgehead atoms. The predicted molar refractivity (Wildman–Crippen MR) is 109 cm³/mol. The van der Waals surface area contributed by atoms with Crippen LogP contribution in [0, 0.1) is 6.92 Å². The third-order valence-electron chi connectivity index (χ3n) is 4.63. The van der Waals surface area contributed by atoms with Crippen molar-refractivity contribution in [1.29, 1.82) is 0 Å². The molecule has 0 radical (unpaired) electrons. The van der Waals surface area contributed by atoms with Crippen LogP contribution in [-0.4, -0.2) is 5.91 Å². The molecule has 1 amide bonds. The van der Waals surface area contributed by atoms with Gasteiger partial charge < -0.3 is 5.32 Å². The molecule has 0 aromatic heterocycles. The molecule has 4 rings (SSSR count). The number of rotatable bonds is 3. The normalized spacial score (nSPS) is 10.7. The summed E-state index contributed by atoms with van der Waals surface area (Å²) in [5.41, 5.74) is 4.62. The topological polar surface area (TPSA) is 29.1 Å². The van der Waals surface area contributed by atoms with Crippen molar-refractivity contribution in [2.75, 3.05) is 5.32 Å². The third kappa shape index (κ3) is 2.98. The van der Waals surface area contributed by atoms with Gasteiger partial charge in [-0.1, -0.05) is 78.9 Å². The lowest BCUT2D eigenvalue weighted by Gasteiger charge is -2.15. The molecule has 0 saturated heterocycles. The van der Waals surface area contributed by atoms with E-state index in [1.807, 2.05) is 67.6 Å². The Labute approximate surface area is 153 Å². The second kappa shape index (κ2) is 6.85. The van der Waals surface area contributed by atoms with Crippen molar-refractivity contribution in [3.05, 3.63) is 102 Å². The van der Waals surface area contributed by atoms with Gasteiger partial charge in [0.2, 0.25) is 0 Å². The maximum Gasteiger partial charge on any atom is 0.255 e. The van der Waals surface area contributed by atoms with E-state index < -0.39 is 0 Å². The fourth-order valence-electron chi connectivity index (χ4n) is 3.31. The number of hydrogen-bond acceptors (Lipinski definition) is 1. The summed E-state index contributed by atoms with van der Waals surface area (Å²) in [5, 5.41) is 5.40. The molecule has 0 atom stereocenters. The Morgan fingerprint density at radius 1 is 0.731 bits per heavy atom. The number of amides is 1. The van der Waals surface area contributed by atoms with Gasteiger partial charge in [-0.15, -0.1) is 0 Å². The Bertz CT molecular complexity index is 1080. The Morgan fingerprint density at radius 2 is 1.42 bits per heavy atom. The number of carbonyl (C=O) groups is 1. The highest BCUT2D eigenvalue weighted by Gasteiger charge is 2.14. The van der Waals surface area contributed by atoms with Crippen LogP contribution < -0.4 is 5.32 Å². The number of anilines is 1. The number of aryl methyl sites for hydroxylation is 1. The molecule has 0 heterocycles. The van der Waals surface area contributed by atoms with Crippen molar-refractivity contribution < 1.29 is 4.79 Å². The monoisotopic (exact) mass is 337 g/mol. The van der Waals surface area contributed by atoms with E-state index in [9.17, 15) is 4.79 Å². The summed E-state index contributed by atoms with van der Waals surface area (Å²) >= 11 is 0. The minimum atomic E-state index is -0.0874. The van der Waals surface area contributed by atoms with Crippen LogP contribution in [0.5, 0.6) is 0 Å². The van der Waals surface area contributed by atoms with Crippen molar-refractivity contribution >= 4 is 22.4 Å². The van der Waals surface area contributed by atoms with Gasteiger partial charge in [-0.3, -0.25) is 4.79 Å². The quantitative estimate of drug-likeness (QED) is 0.483. The first kappa shape index (κ1) is 16.1. The maximum absolute atomic E-state index is 12.8. The van der Waals surface area contributed by atoms with Crippen molar-refractivity contribution in [2.24, 2.45) is 0 Å². The first-order valence-electron chi connectivity index (χ1n) is 8.68. The van der Waals surface area contributed by atoms with Crippen molar-refractivity contribution in [3.8, 4) is 11.1 Å². The van der Waals surface area contributed by atoms with Gasteiger partial charge in [-0.25, -0.2) is 0 Å². The molecule has 0 fully saturated rings. The fourth-order valence-corrected chi connectivity index (χ4v) is 3.31. The number of benzene rings is 4. The molecular weight excluding hydrogens is 318 g/mol. The highest BCUT2D eigenvalue weighted by atomic mass is 16.1. The minimum Gasteiger partial charge on any atom is -0.321 e. The molecule has 0 unspecified atom stereocenters. The zero-order valence-electron chi connectivity index (χ0n) is 14.6. The second-order valence-corrected chi connectivity index (χ2v) is 6.34. The lowest BCUT2D eigenvalue weighted by Crippen LogP contribution is -2.14. The number of nitrogens with one attached hydrogen (secondary N) is 1. The molecule has 4 aromatic carbocycles. The molecule has 0 aliphatic rings. The smallest absolute Gasteiger partial charge is 0.255 e. The molecule has 0 aliphatic carbocycles. The molecule has 126 valence electrons. The summed E-state index contributed by atoms with van der Waals surface area (Å²) in [5.74, 6) is -0.0874. The van der Waals surface area contributed by atoms with Crippen LogP contribution in [0.1, 0.15) is 15.9 Å². The zero-order valence-corrected chi connectivity index (χ0v) is 14.6. The number of hydrogen-bond donors (Lipinski definition) is 1. The lowest BCUT2D eigenvalue weighted by atomic mass is 9.96. The van der Waals surface area contributed by atoms with Gasteiger partial charge in [-0.05, 0) is 41.0 Å². The van der Waals surface area contributed by atoms with E-state index in [1.54, 1.807) is 0 Å². The summed E-state index contributed by atoms with van der Waals surface area (Å²) in [6, 6.07) is 30.1. The van der Waals surface area contributed by atoms with Gasteiger partial charge in [0, 0.05) is 16.8 Å². The summed E-state index contributed by atoms with van der Waals surface area (Å²) < 4.78 is 0. The van der Waals surface area contributed by atoms with Crippen molar-refractivity contribution in [3.63, 3.8) is 0 Å². The van der Waals surface area contributed by atoms with E-state index >= 15 is 0 Å². The van der Waals surface area contributed by atoms with Crippen LogP contribution in [0.25, 0.3) is 21.9 Å². The molecule has 2 nitrogen and oxygen atoms in total. The van der Waals surface area contributed by atoms with E-state index in [0.717, 1.165) is 33.2 Å². The average Bonchev–Trinajstić information content (AvgIpc) is 2.68. The fraction of sp³-hybridized carbons (Fsp3) is 0.0417. The van der Waals surface area contributed by atoms with E-state index in [0.29, 0.717) is 5.56 Å². The van der Waals surface area contributed by atoms with Gasteiger partial charge in [0.15, 0.2) is 0 Å². The Hall–Kier alpha value is -3.39. The van der Waals surface area contributed by atoms with E-state index in [4.69, 9.17) is 0 Å². The SMILES string of the molecule is Cc1ccccc1C(=O)Nc1ccc2ccccc2c1-c1ccccc1. The largest absolute Gasteiger partial charge is 0.321 e.